The predicted octanol–water partition coefficient (Wildman–Crippen LogP) is 1.80. The van der Waals surface area contributed by atoms with Crippen LogP contribution in [0.15, 0.2) is 24.3 Å². The maximum Gasteiger partial charge on any atom is 0.201 e. The molecule has 3 aromatic rings. The molecule has 5 nitrogen and oxygen atoms in total. The lowest BCUT2D eigenvalue weighted by molar-refractivity contribution is 0.815. The van der Waals surface area contributed by atoms with Gasteiger partial charge in [-0.05, 0) is 28.5 Å². The SMILES string of the molecule is CC(C)c1nc2ccccc2n2nnnc12. The van der Waals surface area contributed by atoms with Gasteiger partial charge in [0.15, 0.2) is 0 Å². The van der Waals surface area contributed by atoms with Crippen LogP contribution in [-0.4, -0.2) is 25.0 Å². The van der Waals surface area contributed by atoms with Crippen LogP contribution in [-0.2, 0) is 0 Å². The zero-order valence-corrected chi connectivity index (χ0v) is 9.12. The number of nitrogens with zero attached hydrogens (tertiary/aromatic N) is 5. The highest BCUT2D eigenvalue weighted by Gasteiger charge is 2.13. The second-order valence-electron chi connectivity index (χ2n) is 4.05. The topological polar surface area (TPSA) is 56.0 Å². The number of hydrogen-bond donors (Lipinski definition) is 0. The first-order valence-corrected chi connectivity index (χ1v) is 5.24. The molecule has 1 aromatic carbocycles. The Labute approximate surface area is 92.1 Å². The second-order valence-corrected chi connectivity index (χ2v) is 4.05. The summed E-state index contributed by atoms with van der Waals surface area (Å²) in [6, 6.07) is 7.87. The van der Waals surface area contributed by atoms with E-state index in [9.17, 15) is 0 Å². The van der Waals surface area contributed by atoms with Crippen LogP contribution in [0.5, 0.6) is 0 Å². The van der Waals surface area contributed by atoms with Crippen molar-refractivity contribution in [3.05, 3.63) is 30.0 Å². The first-order chi connectivity index (χ1) is 7.77. The third kappa shape index (κ3) is 1.18. The molecule has 0 bridgehead atoms. The van der Waals surface area contributed by atoms with Gasteiger partial charge in [0.25, 0.3) is 0 Å². The summed E-state index contributed by atoms with van der Waals surface area (Å²) in [5.41, 5.74) is 3.54. The minimum atomic E-state index is 0.304. The zero-order valence-electron chi connectivity index (χ0n) is 9.12. The molecule has 0 spiro atoms. The van der Waals surface area contributed by atoms with Gasteiger partial charge >= 0.3 is 0 Å². The normalized spacial score (nSPS) is 11.7. The summed E-state index contributed by atoms with van der Waals surface area (Å²) in [6.07, 6.45) is 0. The van der Waals surface area contributed by atoms with E-state index in [4.69, 9.17) is 0 Å². The van der Waals surface area contributed by atoms with Crippen molar-refractivity contribution in [2.45, 2.75) is 19.8 Å². The molecule has 0 amide bonds. The monoisotopic (exact) mass is 213 g/mol. The molecule has 0 radical (unpaired) electrons. The summed E-state index contributed by atoms with van der Waals surface area (Å²) in [5.74, 6) is 0.304. The molecule has 0 saturated carbocycles. The third-order valence-electron chi connectivity index (χ3n) is 2.60. The molecule has 0 unspecified atom stereocenters. The summed E-state index contributed by atoms with van der Waals surface area (Å²) < 4.78 is 1.75. The van der Waals surface area contributed by atoms with Crippen LogP contribution >= 0.6 is 0 Å². The first kappa shape index (κ1) is 9.21. The highest BCUT2D eigenvalue weighted by Crippen LogP contribution is 2.20. The van der Waals surface area contributed by atoms with E-state index in [1.165, 1.54) is 0 Å². The van der Waals surface area contributed by atoms with Crippen LogP contribution in [0, 0.1) is 0 Å². The molecule has 0 aliphatic rings. The molecule has 0 atom stereocenters. The number of aromatic nitrogens is 5. The summed E-state index contributed by atoms with van der Waals surface area (Å²) in [7, 11) is 0. The Bertz CT molecular complexity index is 656. The van der Waals surface area contributed by atoms with Crippen molar-refractivity contribution in [3.8, 4) is 0 Å². The predicted molar refractivity (Wildman–Crippen MR) is 60.2 cm³/mol. The molecule has 0 fully saturated rings. The molecule has 80 valence electrons. The highest BCUT2D eigenvalue weighted by atomic mass is 15.5. The van der Waals surface area contributed by atoms with Crippen molar-refractivity contribution in [2.75, 3.05) is 0 Å². The number of tetrazole rings is 1. The van der Waals surface area contributed by atoms with Crippen molar-refractivity contribution >= 4 is 16.7 Å². The van der Waals surface area contributed by atoms with E-state index in [1.54, 1.807) is 4.52 Å². The van der Waals surface area contributed by atoms with Crippen molar-refractivity contribution in [3.63, 3.8) is 0 Å². The van der Waals surface area contributed by atoms with E-state index in [2.05, 4.69) is 34.4 Å². The Morgan fingerprint density at radius 3 is 2.81 bits per heavy atom. The molecule has 3 rings (SSSR count). The largest absolute Gasteiger partial charge is 0.247 e. The fourth-order valence-electron chi connectivity index (χ4n) is 1.81. The van der Waals surface area contributed by atoms with Gasteiger partial charge in [-0.3, -0.25) is 0 Å². The lowest BCUT2D eigenvalue weighted by atomic mass is 10.1. The van der Waals surface area contributed by atoms with E-state index in [0.29, 0.717) is 5.92 Å². The lowest BCUT2D eigenvalue weighted by Crippen LogP contribution is -2.01. The minimum absolute atomic E-state index is 0.304. The Balaban J connectivity index is 2.53. The van der Waals surface area contributed by atoms with Crippen molar-refractivity contribution in [2.24, 2.45) is 0 Å². The quantitative estimate of drug-likeness (QED) is 0.618. The number of rotatable bonds is 1. The van der Waals surface area contributed by atoms with Crippen LogP contribution in [0.1, 0.15) is 25.5 Å². The average Bonchev–Trinajstić information content (AvgIpc) is 2.76. The summed E-state index contributed by atoms with van der Waals surface area (Å²) in [4.78, 5) is 4.61. The van der Waals surface area contributed by atoms with E-state index >= 15 is 0 Å². The smallest absolute Gasteiger partial charge is 0.201 e. The molecule has 5 heteroatoms. The van der Waals surface area contributed by atoms with Gasteiger partial charge in [0.05, 0.1) is 16.7 Å². The Hall–Kier alpha value is -2.04. The van der Waals surface area contributed by atoms with Crippen molar-refractivity contribution < 1.29 is 0 Å². The minimum Gasteiger partial charge on any atom is -0.247 e. The standard InChI is InChI=1S/C11H11N5/c1-7(2)10-11-13-14-15-16(11)9-6-4-3-5-8(9)12-10/h3-7H,1-2H3. The van der Waals surface area contributed by atoms with Gasteiger partial charge in [0.2, 0.25) is 5.65 Å². The maximum atomic E-state index is 4.61. The Morgan fingerprint density at radius 1 is 1.19 bits per heavy atom. The Kier molecular flexibility index (Phi) is 1.86. The van der Waals surface area contributed by atoms with Crippen molar-refractivity contribution in [1.29, 1.82) is 0 Å². The lowest BCUT2D eigenvalue weighted by Gasteiger charge is -2.07. The fourth-order valence-corrected chi connectivity index (χ4v) is 1.81. The van der Waals surface area contributed by atoms with Crippen LogP contribution in [0.2, 0.25) is 0 Å². The molecular formula is C11H11N5. The van der Waals surface area contributed by atoms with E-state index in [0.717, 1.165) is 22.4 Å². The molecule has 0 N–H and O–H groups in total. The van der Waals surface area contributed by atoms with E-state index in [-0.39, 0.29) is 0 Å². The van der Waals surface area contributed by atoms with Gasteiger partial charge in [-0.1, -0.05) is 26.0 Å². The average molecular weight is 213 g/mol. The van der Waals surface area contributed by atoms with Gasteiger partial charge in [0, 0.05) is 0 Å². The van der Waals surface area contributed by atoms with E-state index in [1.807, 2.05) is 24.3 Å². The molecule has 0 aliphatic carbocycles. The number of benzene rings is 1. The fraction of sp³-hybridized carbons (Fsp3) is 0.273. The zero-order chi connectivity index (χ0) is 11.1. The molecule has 2 heterocycles. The van der Waals surface area contributed by atoms with Gasteiger partial charge < -0.3 is 0 Å². The molecule has 0 aliphatic heterocycles. The van der Waals surface area contributed by atoms with Crippen LogP contribution in [0.3, 0.4) is 0 Å². The summed E-state index contributed by atoms with van der Waals surface area (Å²) >= 11 is 0. The van der Waals surface area contributed by atoms with Crippen LogP contribution < -0.4 is 0 Å². The summed E-state index contributed by atoms with van der Waals surface area (Å²) in [5, 5.41) is 11.8. The van der Waals surface area contributed by atoms with Gasteiger partial charge in [0.1, 0.15) is 0 Å². The van der Waals surface area contributed by atoms with Gasteiger partial charge in [-0.25, -0.2) is 4.98 Å². The van der Waals surface area contributed by atoms with Gasteiger partial charge in [-0.2, -0.15) is 4.52 Å². The number of hydrogen-bond acceptors (Lipinski definition) is 4. The third-order valence-corrected chi connectivity index (χ3v) is 2.60. The summed E-state index contributed by atoms with van der Waals surface area (Å²) in [6.45, 7) is 4.18. The van der Waals surface area contributed by atoms with Crippen molar-refractivity contribution in [1.82, 2.24) is 25.0 Å². The highest BCUT2D eigenvalue weighted by molar-refractivity contribution is 5.77. The Morgan fingerprint density at radius 2 is 2.00 bits per heavy atom. The first-order valence-electron chi connectivity index (χ1n) is 5.24. The number of fused-ring (bicyclic) bond motifs is 3. The molecule has 2 aromatic heterocycles. The molecular weight excluding hydrogens is 202 g/mol. The van der Waals surface area contributed by atoms with E-state index < -0.39 is 0 Å². The number of para-hydroxylation sites is 2. The second kappa shape index (κ2) is 3.23. The molecule has 16 heavy (non-hydrogen) atoms. The van der Waals surface area contributed by atoms with Gasteiger partial charge in [-0.15, -0.1) is 5.10 Å². The maximum absolute atomic E-state index is 4.61. The molecule has 0 saturated heterocycles. The van der Waals surface area contributed by atoms with Crippen LogP contribution in [0.25, 0.3) is 16.7 Å². The van der Waals surface area contributed by atoms with Crippen LogP contribution in [0.4, 0.5) is 0 Å².